The summed E-state index contributed by atoms with van der Waals surface area (Å²) in [6.45, 7) is 8.78. The number of aliphatic hydroxyl groups is 1. The van der Waals surface area contributed by atoms with E-state index in [9.17, 15) is 9.50 Å². The Kier molecular flexibility index (Phi) is 8.76. The summed E-state index contributed by atoms with van der Waals surface area (Å²) in [5.74, 6) is 0.284. The molecule has 0 aliphatic carbocycles. The fraction of sp³-hybridized carbons (Fsp3) is 0.632. The van der Waals surface area contributed by atoms with Crippen LogP contribution in [-0.4, -0.2) is 74.0 Å². The van der Waals surface area contributed by atoms with Crippen molar-refractivity contribution in [2.24, 2.45) is 4.99 Å². The molecule has 2 rings (SSSR count). The summed E-state index contributed by atoms with van der Waals surface area (Å²) >= 11 is 6.06. The lowest BCUT2D eigenvalue weighted by Gasteiger charge is -2.33. The molecule has 0 aromatic heterocycles. The molecule has 152 valence electrons. The summed E-state index contributed by atoms with van der Waals surface area (Å²) in [4.78, 5) is 6.67. The van der Waals surface area contributed by atoms with Crippen molar-refractivity contribution in [2.75, 3.05) is 52.5 Å². The van der Waals surface area contributed by atoms with Gasteiger partial charge in [0, 0.05) is 43.3 Å². The molecule has 1 heterocycles. The number of aliphatic imine (C=N–C) groups is 1. The molecule has 1 aromatic carbocycles. The van der Waals surface area contributed by atoms with Crippen LogP contribution in [-0.2, 0) is 11.2 Å². The van der Waals surface area contributed by atoms with E-state index in [0.717, 1.165) is 13.1 Å². The van der Waals surface area contributed by atoms with Gasteiger partial charge >= 0.3 is 0 Å². The Morgan fingerprint density at radius 2 is 2.11 bits per heavy atom. The maximum absolute atomic E-state index is 13.8. The predicted molar refractivity (Wildman–Crippen MR) is 107 cm³/mol. The standard InChI is InChI=1S/C19H30ClFN4O2/c1-3-22-18(23-8-7-15-16(20)5-4-6-17(15)21)24-13-19(2,26)14-25-9-11-27-12-10-25/h4-6,26H,3,7-14H2,1-2H3,(H2,22,23,24). The molecule has 0 spiro atoms. The number of benzene rings is 1. The molecular weight excluding hydrogens is 371 g/mol. The Morgan fingerprint density at radius 3 is 2.78 bits per heavy atom. The third kappa shape index (κ3) is 7.62. The van der Waals surface area contributed by atoms with Gasteiger partial charge in [-0.15, -0.1) is 0 Å². The first-order valence-electron chi connectivity index (χ1n) is 9.39. The van der Waals surface area contributed by atoms with Crippen molar-refractivity contribution in [3.63, 3.8) is 0 Å². The highest BCUT2D eigenvalue weighted by molar-refractivity contribution is 6.31. The predicted octanol–water partition coefficient (Wildman–Crippen LogP) is 1.66. The largest absolute Gasteiger partial charge is 0.387 e. The zero-order valence-electron chi connectivity index (χ0n) is 16.1. The number of nitrogens with one attached hydrogen (secondary N) is 2. The van der Waals surface area contributed by atoms with Gasteiger partial charge in [0.25, 0.3) is 0 Å². The quantitative estimate of drug-likeness (QED) is 0.457. The summed E-state index contributed by atoms with van der Waals surface area (Å²) < 4.78 is 19.2. The molecule has 0 bridgehead atoms. The lowest BCUT2D eigenvalue weighted by Crippen LogP contribution is -2.48. The smallest absolute Gasteiger partial charge is 0.191 e. The second-order valence-electron chi connectivity index (χ2n) is 6.96. The van der Waals surface area contributed by atoms with Crippen LogP contribution < -0.4 is 10.6 Å². The van der Waals surface area contributed by atoms with Gasteiger partial charge < -0.3 is 20.5 Å². The molecule has 1 atom stereocenters. The van der Waals surface area contributed by atoms with E-state index in [1.165, 1.54) is 6.07 Å². The fourth-order valence-corrected chi connectivity index (χ4v) is 3.22. The maximum atomic E-state index is 13.8. The monoisotopic (exact) mass is 400 g/mol. The van der Waals surface area contributed by atoms with Gasteiger partial charge in [0.1, 0.15) is 5.82 Å². The highest BCUT2D eigenvalue weighted by Gasteiger charge is 2.25. The zero-order valence-corrected chi connectivity index (χ0v) is 16.9. The molecule has 1 fully saturated rings. The van der Waals surface area contributed by atoms with E-state index in [4.69, 9.17) is 16.3 Å². The minimum Gasteiger partial charge on any atom is -0.387 e. The van der Waals surface area contributed by atoms with E-state index < -0.39 is 5.60 Å². The SMILES string of the molecule is CCNC(=NCC(C)(O)CN1CCOCC1)NCCc1c(F)cccc1Cl. The van der Waals surface area contributed by atoms with Crippen molar-refractivity contribution < 1.29 is 14.2 Å². The number of hydrogen-bond acceptors (Lipinski definition) is 4. The van der Waals surface area contributed by atoms with E-state index >= 15 is 0 Å². The van der Waals surface area contributed by atoms with E-state index in [-0.39, 0.29) is 12.4 Å². The number of β-amino-alcohol motifs (C(OH)–C–C–N with tert-alkyl or cyclic N) is 1. The molecule has 3 N–H and O–H groups in total. The van der Waals surface area contributed by atoms with Crippen LogP contribution in [0.3, 0.4) is 0 Å². The molecular formula is C19H30ClFN4O2. The zero-order chi connectivity index (χ0) is 19.7. The fourth-order valence-electron chi connectivity index (χ4n) is 2.96. The number of rotatable bonds is 8. The van der Waals surface area contributed by atoms with Gasteiger partial charge in [-0.3, -0.25) is 9.89 Å². The lowest BCUT2D eigenvalue weighted by molar-refractivity contribution is -0.0179. The van der Waals surface area contributed by atoms with Crippen LogP contribution in [0.4, 0.5) is 4.39 Å². The Morgan fingerprint density at radius 1 is 1.37 bits per heavy atom. The Bertz CT molecular complexity index is 601. The van der Waals surface area contributed by atoms with Gasteiger partial charge in [-0.2, -0.15) is 0 Å². The van der Waals surface area contributed by atoms with E-state index in [2.05, 4.69) is 20.5 Å². The van der Waals surface area contributed by atoms with Crippen LogP contribution in [0, 0.1) is 5.82 Å². The Hall–Kier alpha value is -1.41. The van der Waals surface area contributed by atoms with Gasteiger partial charge in [0.15, 0.2) is 5.96 Å². The van der Waals surface area contributed by atoms with Crippen LogP contribution in [0.2, 0.25) is 5.02 Å². The Balaban J connectivity index is 1.87. The van der Waals surface area contributed by atoms with Crippen molar-refractivity contribution in [1.82, 2.24) is 15.5 Å². The van der Waals surface area contributed by atoms with Crippen molar-refractivity contribution >= 4 is 17.6 Å². The summed E-state index contributed by atoms with van der Waals surface area (Å²) in [6, 6.07) is 4.68. The first-order chi connectivity index (χ1) is 12.9. The van der Waals surface area contributed by atoms with E-state index in [1.54, 1.807) is 19.1 Å². The topological polar surface area (TPSA) is 69.1 Å². The van der Waals surface area contributed by atoms with Crippen LogP contribution in [0.5, 0.6) is 0 Å². The Labute approximate surface area is 165 Å². The highest BCUT2D eigenvalue weighted by Crippen LogP contribution is 2.19. The molecule has 0 saturated carbocycles. The molecule has 6 nitrogen and oxygen atoms in total. The third-order valence-corrected chi connectivity index (χ3v) is 4.67. The lowest BCUT2D eigenvalue weighted by atomic mass is 10.1. The molecule has 1 aliphatic rings. The number of hydrogen-bond donors (Lipinski definition) is 3. The van der Waals surface area contributed by atoms with Crippen LogP contribution in [0.15, 0.2) is 23.2 Å². The molecule has 8 heteroatoms. The average Bonchev–Trinajstić information content (AvgIpc) is 2.62. The van der Waals surface area contributed by atoms with Crippen LogP contribution >= 0.6 is 11.6 Å². The van der Waals surface area contributed by atoms with E-state index in [1.807, 2.05) is 6.92 Å². The minimum atomic E-state index is -0.936. The molecule has 1 saturated heterocycles. The summed E-state index contributed by atoms with van der Waals surface area (Å²) in [5, 5.41) is 17.4. The maximum Gasteiger partial charge on any atom is 0.191 e. The summed E-state index contributed by atoms with van der Waals surface area (Å²) in [5.41, 5.74) is -0.448. The summed E-state index contributed by atoms with van der Waals surface area (Å²) in [7, 11) is 0. The number of nitrogens with zero attached hydrogens (tertiary/aromatic N) is 2. The van der Waals surface area contributed by atoms with Crippen molar-refractivity contribution in [2.45, 2.75) is 25.9 Å². The van der Waals surface area contributed by atoms with Crippen molar-refractivity contribution in [3.8, 4) is 0 Å². The minimum absolute atomic E-state index is 0.264. The second-order valence-corrected chi connectivity index (χ2v) is 7.36. The third-order valence-electron chi connectivity index (χ3n) is 4.32. The van der Waals surface area contributed by atoms with Gasteiger partial charge in [-0.1, -0.05) is 17.7 Å². The van der Waals surface area contributed by atoms with Crippen molar-refractivity contribution in [3.05, 3.63) is 34.6 Å². The van der Waals surface area contributed by atoms with E-state index in [0.29, 0.717) is 55.8 Å². The normalized spacial score (nSPS) is 18.2. The second kappa shape index (κ2) is 10.8. The van der Waals surface area contributed by atoms with Crippen LogP contribution in [0.1, 0.15) is 19.4 Å². The van der Waals surface area contributed by atoms with Crippen molar-refractivity contribution in [1.29, 1.82) is 0 Å². The molecule has 1 aliphatic heterocycles. The van der Waals surface area contributed by atoms with Gasteiger partial charge in [0.2, 0.25) is 0 Å². The van der Waals surface area contributed by atoms with Gasteiger partial charge in [0.05, 0.1) is 25.4 Å². The molecule has 1 aromatic rings. The first kappa shape index (κ1) is 21.9. The number of guanidine groups is 1. The molecule has 0 radical (unpaired) electrons. The average molecular weight is 401 g/mol. The first-order valence-corrected chi connectivity index (χ1v) is 9.76. The number of morpholine rings is 1. The number of ether oxygens (including phenoxy) is 1. The summed E-state index contributed by atoms with van der Waals surface area (Å²) in [6.07, 6.45) is 0.445. The van der Waals surface area contributed by atoms with Crippen LogP contribution in [0.25, 0.3) is 0 Å². The molecule has 0 amide bonds. The van der Waals surface area contributed by atoms with Gasteiger partial charge in [-0.05, 0) is 32.4 Å². The van der Waals surface area contributed by atoms with Gasteiger partial charge in [-0.25, -0.2) is 4.39 Å². The molecule has 1 unspecified atom stereocenters. The highest BCUT2D eigenvalue weighted by atomic mass is 35.5. The molecule has 27 heavy (non-hydrogen) atoms. The number of halogens is 2.